The molecule has 0 heterocycles. The maximum absolute atomic E-state index is 13.1. The Morgan fingerprint density at radius 3 is 2.39 bits per heavy atom. The number of aryl methyl sites for hydroxylation is 1. The highest BCUT2D eigenvalue weighted by Crippen LogP contribution is 2.24. The second-order valence-electron chi connectivity index (χ2n) is 7.45. The summed E-state index contributed by atoms with van der Waals surface area (Å²) in [6, 6.07) is 9.50. The number of halogens is 3. The fraction of sp³-hybridized carbons (Fsp3) is 0.391. The predicted molar refractivity (Wildman–Crippen MR) is 126 cm³/mol. The lowest BCUT2D eigenvalue weighted by Gasteiger charge is -2.30. The molecule has 0 fully saturated rings. The van der Waals surface area contributed by atoms with Crippen molar-refractivity contribution in [3.05, 3.63) is 62.6 Å². The minimum atomic E-state index is -0.719. The molecule has 0 unspecified atom stereocenters. The van der Waals surface area contributed by atoms with Crippen LogP contribution in [0.4, 0.5) is 0 Å². The van der Waals surface area contributed by atoms with Crippen LogP contribution >= 0.6 is 34.8 Å². The van der Waals surface area contributed by atoms with Gasteiger partial charge in [-0.15, -0.1) is 0 Å². The lowest BCUT2D eigenvalue weighted by molar-refractivity contribution is -0.142. The number of benzene rings is 2. The summed E-state index contributed by atoms with van der Waals surface area (Å²) in [7, 11) is 0. The van der Waals surface area contributed by atoms with E-state index in [9.17, 15) is 9.59 Å². The van der Waals surface area contributed by atoms with E-state index in [1.807, 2.05) is 20.8 Å². The van der Waals surface area contributed by atoms with Crippen molar-refractivity contribution in [1.29, 1.82) is 0 Å². The van der Waals surface area contributed by atoms with Crippen molar-refractivity contribution >= 4 is 46.6 Å². The first-order valence-corrected chi connectivity index (χ1v) is 11.2. The van der Waals surface area contributed by atoms with E-state index in [1.165, 1.54) is 4.90 Å². The first kappa shape index (κ1) is 25.3. The summed E-state index contributed by atoms with van der Waals surface area (Å²) < 4.78 is 5.67. The molecule has 0 saturated heterocycles. The minimum Gasteiger partial charge on any atom is -0.484 e. The topological polar surface area (TPSA) is 58.6 Å². The number of amides is 2. The van der Waals surface area contributed by atoms with Gasteiger partial charge in [-0.2, -0.15) is 0 Å². The van der Waals surface area contributed by atoms with Gasteiger partial charge in [-0.3, -0.25) is 9.59 Å². The zero-order valence-electron chi connectivity index (χ0n) is 18.0. The zero-order chi connectivity index (χ0) is 23.1. The Balaban J connectivity index is 2.21. The van der Waals surface area contributed by atoms with Gasteiger partial charge < -0.3 is 15.0 Å². The third kappa shape index (κ3) is 7.30. The van der Waals surface area contributed by atoms with Gasteiger partial charge in [0.2, 0.25) is 5.91 Å². The number of hydrogen-bond donors (Lipinski definition) is 1. The molecule has 0 aromatic heterocycles. The van der Waals surface area contributed by atoms with Gasteiger partial charge in [0.25, 0.3) is 5.91 Å². The fourth-order valence-electron chi connectivity index (χ4n) is 2.82. The minimum absolute atomic E-state index is 0.000635. The van der Waals surface area contributed by atoms with E-state index in [2.05, 4.69) is 5.32 Å². The Hall–Kier alpha value is -1.95. The molecular formula is C23H27Cl3N2O3. The zero-order valence-corrected chi connectivity index (χ0v) is 20.3. The van der Waals surface area contributed by atoms with Gasteiger partial charge in [-0.1, -0.05) is 47.8 Å². The average Bonchev–Trinajstić information content (AvgIpc) is 2.73. The summed E-state index contributed by atoms with van der Waals surface area (Å²) in [6.07, 6.45) is 0.786. The summed E-state index contributed by atoms with van der Waals surface area (Å²) in [5, 5.41) is 4.46. The highest BCUT2D eigenvalue weighted by Gasteiger charge is 2.27. The number of hydrogen-bond acceptors (Lipinski definition) is 3. The van der Waals surface area contributed by atoms with Gasteiger partial charge in [0.15, 0.2) is 6.61 Å². The largest absolute Gasteiger partial charge is 0.484 e. The van der Waals surface area contributed by atoms with Gasteiger partial charge in [0.05, 0.1) is 0 Å². The predicted octanol–water partition coefficient (Wildman–Crippen LogP) is 5.67. The third-order valence-electron chi connectivity index (χ3n) is 5.02. The molecule has 0 spiro atoms. The molecule has 0 aliphatic heterocycles. The smallest absolute Gasteiger partial charge is 0.261 e. The van der Waals surface area contributed by atoms with E-state index in [1.54, 1.807) is 43.3 Å². The SMILES string of the molecule is CC[C@H](C)NC(=O)[C@H](C)N(Cc1ccc(Cl)cc1Cl)C(=O)COc1ccc(Cl)c(C)c1. The monoisotopic (exact) mass is 484 g/mol. The summed E-state index contributed by atoms with van der Waals surface area (Å²) in [5.41, 5.74) is 1.53. The van der Waals surface area contributed by atoms with Crippen LogP contribution in [0.5, 0.6) is 5.75 Å². The molecule has 0 aliphatic rings. The third-order valence-corrected chi connectivity index (χ3v) is 6.03. The summed E-state index contributed by atoms with van der Waals surface area (Å²) in [4.78, 5) is 27.3. The Morgan fingerprint density at radius 2 is 1.77 bits per heavy atom. The number of carbonyl (C=O) groups is 2. The van der Waals surface area contributed by atoms with Crippen LogP contribution in [0.25, 0.3) is 0 Å². The van der Waals surface area contributed by atoms with Gasteiger partial charge in [-0.05, 0) is 68.7 Å². The van der Waals surface area contributed by atoms with Crippen molar-refractivity contribution in [3.63, 3.8) is 0 Å². The molecule has 2 aromatic rings. The molecule has 31 heavy (non-hydrogen) atoms. The maximum atomic E-state index is 13.1. The van der Waals surface area contributed by atoms with Crippen LogP contribution in [-0.2, 0) is 16.1 Å². The highest BCUT2D eigenvalue weighted by atomic mass is 35.5. The number of ether oxygens (including phenoxy) is 1. The molecule has 8 heteroatoms. The average molecular weight is 486 g/mol. The molecule has 2 rings (SSSR count). The molecule has 1 N–H and O–H groups in total. The molecule has 0 aliphatic carbocycles. The molecule has 5 nitrogen and oxygen atoms in total. The Kier molecular flexibility index (Phi) is 9.48. The van der Waals surface area contributed by atoms with E-state index in [-0.39, 0.29) is 31.0 Å². The first-order chi connectivity index (χ1) is 14.6. The molecule has 0 saturated carbocycles. The van der Waals surface area contributed by atoms with Crippen LogP contribution in [0.15, 0.2) is 36.4 Å². The Morgan fingerprint density at radius 1 is 1.06 bits per heavy atom. The van der Waals surface area contributed by atoms with E-state index >= 15 is 0 Å². The van der Waals surface area contributed by atoms with E-state index < -0.39 is 6.04 Å². The van der Waals surface area contributed by atoms with Gasteiger partial charge >= 0.3 is 0 Å². The number of nitrogens with one attached hydrogen (secondary N) is 1. The van der Waals surface area contributed by atoms with Gasteiger partial charge in [-0.25, -0.2) is 0 Å². The fourth-order valence-corrected chi connectivity index (χ4v) is 3.40. The lowest BCUT2D eigenvalue weighted by atomic mass is 10.1. The van der Waals surface area contributed by atoms with Crippen LogP contribution in [0, 0.1) is 6.92 Å². The van der Waals surface area contributed by atoms with E-state index in [4.69, 9.17) is 39.5 Å². The van der Waals surface area contributed by atoms with Gasteiger partial charge in [0, 0.05) is 27.7 Å². The van der Waals surface area contributed by atoms with E-state index in [0.29, 0.717) is 26.4 Å². The second-order valence-corrected chi connectivity index (χ2v) is 8.70. The molecular weight excluding hydrogens is 459 g/mol. The number of nitrogens with zero attached hydrogens (tertiary/aromatic N) is 1. The molecule has 168 valence electrons. The lowest BCUT2D eigenvalue weighted by Crippen LogP contribution is -2.50. The van der Waals surface area contributed by atoms with Crippen molar-refractivity contribution in [2.75, 3.05) is 6.61 Å². The summed E-state index contributed by atoms with van der Waals surface area (Å²) in [5.74, 6) is -0.0584. The van der Waals surface area contributed by atoms with Crippen molar-refractivity contribution in [2.24, 2.45) is 0 Å². The van der Waals surface area contributed by atoms with Crippen LogP contribution in [0.1, 0.15) is 38.3 Å². The van der Waals surface area contributed by atoms with E-state index in [0.717, 1.165) is 12.0 Å². The van der Waals surface area contributed by atoms with Crippen LogP contribution in [0.2, 0.25) is 15.1 Å². The van der Waals surface area contributed by atoms with Crippen LogP contribution < -0.4 is 10.1 Å². The van der Waals surface area contributed by atoms with Crippen LogP contribution in [0.3, 0.4) is 0 Å². The second kappa shape index (κ2) is 11.6. The highest BCUT2D eigenvalue weighted by molar-refractivity contribution is 6.35. The summed E-state index contributed by atoms with van der Waals surface area (Å²) >= 11 is 18.3. The van der Waals surface area contributed by atoms with Crippen LogP contribution in [-0.4, -0.2) is 35.4 Å². The van der Waals surface area contributed by atoms with Crippen molar-refractivity contribution in [2.45, 2.75) is 52.7 Å². The molecule has 0 radical (unpaired) electrons. The van der Waals surface area contributed by atoms with Gasteiger partial charge in [0.1, 0.15) is 11.8 Å². The molecule has 2 atom stereocenters. The van der Waals surface area contributed by atoms with Crippen molar-refractivity contribution in [3.8, 4) is 5.75 Å². The number of carbonyl (C=O) groups excluding carboxylic acids is 2. The van der Waals surface area contributed by atoms with Crippen molar-refractivity contribution in [1.82, 2.24) is 10.2 Å². The molecule has 0 bridgehead atoms. The Labute approximate surface area is 198 Å². The van der Waals surface area contributed by atoms with Crippen molar-refractivity contribution < 1.29 is 14.3 Å². The molecule has 2 aromatic carbocycles. The maximum Gasteiger partial charge on any atom is 0.261 e. The first-order valence-electron chi connectivity index (χ1n) is 10.0. The number of rotatable bonds is 9. The standard InChI is InChI=1S/C23H27Cl3N2O3/c1-5-15(3)27-23(30)16(4)28(12-17-6-7-18(24)11-21(17)26)22(29)13-31-19-8-9-20(25)14(2)10-19/h6-11,15-16H,5,12-13H2,1-4H3,(H,27,30)/t15-,16-/m0/s1. The normalized spacial score (nSPS) is 12.7. The summed E-state index contributed by atoms with van der Waals surface area (Å²) in [6.45, 7) is 7.35. The quantitative estimate of drug-likeness (QED) is 0.498. The molecule has 2 amide bonds. The Bertz CT molecular complexity index is 936.